The Morgan fingerprint density at radius 2 is 1.53 bits per heavy atom. The van der Waals surface area contributed by atoms with E-state index in [0.29, 0.717) is 0 Å². The minimum Gasteiger partial charge on any atom is -0.511 e. The van der Waals surface area contributed by atoms with Crippen molar-refractivity contribution in [1.82, 2.24) is 4.98 Å². The normalized spacial score (nSPS) is 12.1. The first kappa shape index (κ1) is 29.4. The second-order valence-corrected chi connectivity index (χ2v) is 11.2. The smallest absolute Gasteiger partial charge is 0.325 e. The quantitative estimate of drug-likeness (QED) is 0.0771. The molecule has 3 aromatic carbocycles. The summed E-state index contributed by atoms with van der Waals surface area (Å²) in [5, 5.41) is 14.6. The number of carbonyl (C=O) groups excluding carboxylic acids is 1. The Kier molecular flexibility index (Phi) is 9.40. The molecular weight excluding hydrogens is 623 g/mol. The van der Waals surface area contributed by atoms with Gasteiger partial charge in [0.15, 0.2) is 0 Å². The molecule has 0 atom stereocenters. The fraction of sp³-hybridized carbons (Fsp3) is 0.312. The molecule has 0 saturated heterocycles. The van der Waals surface area contributed by atoms with E-state index in [4.69, 9.17) is 0 Å². The van der Waals surface area contributed by atoms with E-state index in [1.807, 2.05) is 47.7 Å². The van der Waals surface area contributed by atoms with Gasteiger partial charge in [0.25, 0.3) is 0 Å². The summed E-state index contributed by atoms with van der Waals surface area (Å²) in [5.41, 5.74) is 3.85. The van der Waals surface area contributed by atoms with Crippen LogP contribution in [0.15, 0.2) is 72.6 Å². The van der Waals surface area contributed by atoms with Gasteiger partial charge in [0.2, 0.25) is 0 Å². The molecule has 0 bridgehead atoms. The Morgan fingerprint density at radius 3 is 2.14 bits per heavy atom. The SMILES string of the molecule is CC(C)(C)C(=[OH+])/C=C(\O)C(C)(C)C.Cc1[c-]c(-c2nccc3c2ccc2ccccc23)cc(C)c1.[Ir]. The molecule has 4 rings (SSSR count). The average Bonchev–Trinajstić information content (AvgIpc) is 2.77. The summed E-state index contributed by atoms with van der Waals surface area (Å²) in [4.78, 5) is 14.2. The van der Waals surface area contributed by atoms with Crippen LogP contribution < -0.4 is 0 Å². The summed E-state index contributed by atoms with van der Waals surface area (Å²) in [6.45, 7) is 15.6. The van der Waals surface area contributed by atoms with Gasteiger partial charge in [-0.05, 0) is 54.1 Å². The maximum Gasteiger partial charge on any atom is 0.325 e. The molecule has 0 fully saturated rings. The Bertz CT molecular complexity index is 1390. The van der Waals surface area contributed by atoms with Gasteiger partial charge in [0, 0.05) is 31.7 Å². The van der Waals surface area contributed by atoms with E-state index in [1.165, 1.54) is 33.2 Å². The number of nitrogens with zero attached hydrogens (tertiary/aromatic N) is 1. The number of aryl methyl sites for hydroxylation is 2. The van der Waals surface area contributed by atoms with Crippen LogP contribution in [-0.2, 0) is 20.1 Å². The van der Waals surface area contributed by atoms with E-state index < -0.39 is 0 Å². The third kappa shape index (κ3) is 7.12. The van der Waals surface area contributed by atoms with E-state index in [-0.39, 0.29) is 42.5 Å². The predicted molar refractivity (Wildman–Crippen MR) is 150 cm³/mol. The van der Waals surface area contributed by atoms with Crippen molar-refractivity contribution in [3.05, 3.63) is 89.8 Å². The predicted octanol–water partition coefficient (Wildman–Crippen LogP) is 8.53. The minimum absolute atomic E-state index is 0. The first-order valence-corrected chi connectivity index (χ1v) is 12.0. The van der Waals surface area contributed by atoms with Crippen molar-refractivity contribution < 1.29 is 30.0 Å². The fourth-order valence-corrected chi connectivity index (χ4v) is 3.74. The molecule has 1 aromatic heterocycles. The van der Waals surface area contributed by atoms with Gasteiger partial charge in [-0.1, -0.05) is 71.0 Å². The number of aliphatic hydroxyl groups is 1. The van der Waals surface area contributed by atoms with Crippen LogP contribution in [0.1, 0.15) is 52.7 Å². The molecule has 4 heteroatoms. The molecule has 4 aromatic rings. The average molecular weight is 660 g/mol. The molecule has 0 aliphatic rings. The largest absolute Gasteiger partial charge is 0.511 e. The molecule has 0 aliphatic carbocycles. The Morgan fingerprint density at radius 1 is 0.861 bits per heavy atom. The number of hydrogen-bond acceptors (Lipinski definition) is 2. The van der Waals surface area contributed by atoms with Crippen molar-refractivity contribution in [2.24, 2.45) is 10.8 Å². The standard InChI is InChI=1S/C21H16N.C11H20O2.Ir/c1-14-11-15(2)13-17(12-14)21-20-8-7-16-5-3-4-6-18(16)19(20)9-10-22-21;1-10(2,3)8(12)7-9(13)11(4,5)6;/h3-12H,1-2H3;7,12H,1-6H3;/q-1;;/p+1/b;8-7-;. The molecule has 191 valence electrons. The van der Waals surface area contributed by atoms with Crippen LogP contribution in [0.2, 0.25) is 0 Å². The molecule has 36 heavy (non-hydrogen) atoms. The maximum atomic E-state index is 9.60. The van der Waals surface area contributed by atoms with Gasteiger partial charge in [-0.15, -0.1) is 34.9 Å². The minimum atomic E-state index is -0.306. The molecule has 1 heterocycles. The van der Waals surface area contributed by atoms with Crippen LogP contribution in [0.4, 0.5) is 0 Å². The molecule has 1 radical (unpaired) electrons. The zero-order valence-electron chi connectivity index (χ0n) is 22.5. The fourth-order valence-electron chi connectivity index (χ4n) is 3.74. The third-order valence-electron chi connectivity index (χ3n) is 5.88. The van der Waals surface area contributed by atoms with E-state index in [1.54, 1.807) is 0 Å². The van der Waals surface area contributed by atoms with Crippen molar-refractivity contribution in [2.75, 3.05) is 0 Å². The van der Waals surface area contributed by atoms with Crippen molar-refractivity contribution in [3.8, 4) is 11.3 Å². The third-order valence-corrected chi connectivity index (χ3v) is 5.88. The first-order valence-electron chi connectivity index (χ1n) is 12.0. The topological polar surface area (TPSA) is 54.5 Å². The second-order valence-electron chi connectivity index (χ2n) is 11.2. The summed E-state index contributed by atoms with van der Waals surface area (Å²) >= 11 is 0. The second kappa shape index (κ2) is 11.5. The molecule has 0 amide bonds. The van der Waals surface area contributed by atoms with Crippen molar-refractivity contribution in [1.29, 1.82) is 0 Å². The number of allylic oxidation sites excluding steroid dienone is 2. The van der Waals surface area contributed by atoms with Gasteiger partial charge in [0.05, 0.1) is 11.5 Å². The molecular formula is C32H37IrNO2. The van der Waals surface area contributed by atoms with E-state index in [0.717, 1.165) is 16.8 Å². The number of aromatic nitrogens is 1. The zero-order chi connectivity index (χ0) is 26.0. The van der Waals surface area contributed by atoms with Gasteiger partial charge < -0.3 is 10.1 Å². The van der Waals surface area contributed by atoms with Crippen molar-refractivity contribution >= 4 is 27.3 Å². The van der Waals surface area contributed by atoms with Crippen molar-refractivity contribution in [2.45, 2.75) is 55.4 Å². The zero-order valence-corrected chi connectivity index (χ0v) is 24.9. The van der Waals surface area contributed by atoms with Gasteiger partial charge in [0.1, 0.15) is 5.76 Å². The number of aliphatic hydroxyl groups excluding tert-OH is 1. The van der Waals surface area contributed by atoms with E-state index in [9.17, 15) is 9.90 Å². The first-order chi connectivity index (χ1) is 16.3. The van der Waals surface area contributed by atoms with Gasteiger partial charge in [-0.25, -0.2) is 0 Å². The number of pyridine rings is 1. The van der Waals surface area contributed by atoms with E-state index in [2.05, 4.69) is 79.5 Å². The van der Waals surface area contributed by atoms with Crippen LogP contribution in [0.5, 0.6) is 0 Å². The Labute approximate surface area is 229 Å². The van der Waals surface area contributed by atoms with Crippen molar-refractivity contribution in [3.63, 3.8) is 0 Å². The summed E-state index contributed by atoms with van der Waals surface area (Å²) in [6.07, 6.45) is 3.34. The monoisotopic (exact) mass is 660 g/mol. The van der Waals surface area contributed by atoms with Gasteiger partial charge >= 0.3 is 5.78 Å². The van der Waals surface area contributed by atoms with Crippen LogP contribution in [0, 0.1) is 30.7 Å². The molecule has 0 saturated carbocycles. The van der Waals surface area contributed by atoms with Gasteiger partial charge in [-0.3, -0.25) is 4.79 Å². The van der Waals surface area contributed by atoms with Crippen LogP contribution in [0.25, 0.3) is 32.8 Å². The number of fused-ring (bicyclic) bond motifs is 3. The van der Waals surface area contributed by atoms with Crippen LogP contribution >= 0.6 is 0 Å². The summed E-state index contributed by atoms with van der Waals surface area (Å²) in [7, 11) is 0. The van der Waals surface area contributed by atoms with E-state index >= 15 is 0 Å². The van der Waals surface area contributed by atoms with Crippen LogP contribution in [-0.4, -0.2) is 20.7 Å². The Hall–Kier alpha value is -2.81. The number of hydrogen-bond donors (Lipinski definition) is 1. The molecule has 3 nitrogen and oxygen atoms in total. The Balaban J connectivity index is 0.000000285. The molecule has 2 N–H and O–H groups in total. The van der Waals surface area contributed by atoms with Crippen LogP contribution in [0.3, 0.4) is 0 Å². The number of benzene rings is 3. The molecule has 0 aliphatic heterocycles. The summed E-state index contributed by atoms with van der Waals surface area (Å²) < 4.78 is 0. The number of ketones is 1. The molecule has 0 unspecified atom stereocenters. The number of rotatable bonds is 2. The molecule has 0 spiro atoms. The summed E-state index contributed by atoms with van der Waals surface area (Å²) in [6, 6.07) is 22.7. The maximum absolute atomic E-state index is 9.60. The van der Waals surface area contributed by atoms with Gasteiger partial charge in [-0.2, -0.15) is 0 Å². The summed E-state index contributed by atoms with van der Waals surface area (Å²) in [5.74, 6) is 0.417.